The van der Waals surface area contributed by atoms with Crippen molar-refractivity contribution in [1.82, 2.24) is 10.2 Å². The van der Waals surface area contributed by atoms with Crippen molar-refractivity contribution < 1.29 is 18.4 Å². The molecular formula is C21H29F2N3O2. The topological polar surface area (TPSA) is 61.4 Å². The number of halogens is 2. The van der Waals surface area contributed by atoms with Crippen molar-refractivity contribution in [3.05, 3.63) is 29.8 Å². The number of piperidine rings is 1. The van der Waals surface area contributed by atoms with Gasteiger partial charge in [-0.05, 0) is 43.2 Å². The summed E-state index contributed by atoms with van der Waals surface area (Å²) in [4.78, 5) is 27.9. The first kappa shape index (κ1) is 20.6. The summed E-state index contributed by atoms with van der Waals surface area (Å²) in [5.74, 6) is -0.750. The molecule has 3 amide bonds. The van der Waals surface area contributed by atoms with Gasteiger partial charge in [0.1, 0.15) is 17.2 Å². The van der Waals surface area contributed by atoms with Crippen LogP contribution >= 0.6 is 0 Å². The van der Waals surface area contributed by atoms with Crippen molar-refractivity contribution >= 4 is 17.6 Å². The average Bonchev–Trinajstić information content (AvgIpc) is 2.63. The van der Waals surface area contributed by atoms with Crippen molar-refractivity contribution in [2.45, 2.75) is 57.9 Å². The molecule has 2 N–H and O–H groups in total. The molecule has 0 aromatic heterocycles. The lowest BCUT2D eigenvalue weighted by atomic mass is 9.79. The fraction of sp³-hybridized carbons (Fsp3) is 0.619. The summed E-state index contributed by atoms with van der Waals surface area (Å²) in [6.45, 7) is 5.67. The molecule has 5 nitrogen and oxygen atoms in total. The monoisotopic (exact) mass is 393 g/mol. The number of likely N-dealkylation sites (tertiary alicyclic amines) is 1. The highest BCUT2D eigenvalue weighted by atomic mass is 19.1. The summed E-state index contributed by atoms with van der Waals surface area (Å²) in [6.07, 6.45) is 4.98. The second-order valence-electron chi connectivity index (χ2n) is 8.50. The number of urea groups is 1. The van der Waals surface area contributed by atoms with Gasteiger partial charge in [0.15, 0.2) is 0 Å². The minimum absolute atomic E-state index is 0.0414. The lowest BCUT2D eigenvalue weighted by molar-refractivity contribution is -0.142. The van der Waals surface area contributed by atoms with E-state index in [-0.39, 0.29) is 11.6 Å². The quantitative estimate of drug-likeness (QED) is 0.805. The van der Waals surface area contributed by atoms with Gasteiger partial charge in [0.2, 0.25) is 5.91 Å². The first-order chi connectivity index (χ1) is 13.3. The van der Waals surface area contributed by atoms with Gasteiger partial charge in [-0.25, -0.2) is 13.6 Å². The second-order valence-corrected chi connectivity index (χ2v) is 8.50. The molecule has 1 saturated heterocycles. The highest BCUT2D eigenvalue weighted by Gasteiger charge is 2.44. The lowest BCUT2D eigenvalue weighted by Crippen LogP contribution is -2.62. The maximum atomic E-state index is 13.9. The third-order valence-corrected chi connectivity index (χ3v) is 5.80. The van der Waals surface area contributed by atoms with Crippen molar-refractivity contribution in [3.63, 3.8) is 0 Å². The fourth-order valence-electron chi connectivity index (χ4n) is 4.64. The normalized spacial score (nSPS) is 24.5. The number of carbonyl (C=O) groups excluding carboxylic acids is 2. The van der Waals surface area contributed by atoms with Crippen molar-refractivity contribution in [2.75, 3.05) is 18.4 Å². The number of carbonyl (C=O) groups is 2. The van der Waals surface area contributed by atoms with Crippen LogP contribution in [0.3, 0.4) is 0 Å². The van der Waals surface area contributed by atoms with Gasteiger partial charge >= 0.3 is 6.03 Å². The molecule has 1 heterocycles. The molecule has 2 atom stereocenters. The summed E-state index contributed by atoms with van der Waals surface area (Å²) in [5, 5.41) is 5.27. The van der Waals surface area contributed by atoms with E-state index in [0.717, 1.165) is 31.7 Å². The Labute approximate surface area is 164 Å². The minimum atomic E-state index is -0.963. The molecule has 1 aromatic rings. The zero-order valence-electron chi connectivity index (χ0n) is 16.6. The molecule has 154 valence electrons. The minimum Gasteiger partial charge on any atom is -0.340 e. The van der Waals surface area contributed by atoms with E-state index in [1.807, 2.05) is 4.90 Å². The van der Waals surface area contributed by atoms with E-state index < -0.39 is 23.2 Å². The van der Waals surface area contributed by atoms with Gasteiger partial charge < -0.3 is 15.5 Å². The fourth-order valence-corrected chi connectivity index (χ4v) is 4.64. The van der Waals surface area contributed by atoms with Gasteiger partial charge in [-0.15, -0.1) is 0 Å². The number of benzene rings is 1. The Morgan fingerprint density at radius 1 is 1.07 bits per heavy atom. The first-order valence-corrected chi connectivity index (χ1v) is 10.1. The summed E-state index contributed by atoms with van der Waals surface area (Å²) in [7, 11) is 0. The predicted molar refractivity (Wildman–Crippen MR) is 104 cm³/mol. The molecule has 1 aliphatic heterocycles. The van der Waals surface area contributed by atoms with Crippen LogP contribution in [0.4, 0.5) is 19.3 Å². The van der Waals surface area contributed by atoms with Gasteiger partial charge in [0.25, 0.3) is 0 Å². The van der Waals surface area contributed by atoms with Crippen LogP contribution in [0, 0.1) is 23.5 Å². The molecule has 0 radical (unpaired) electrons. The molecule has 2 fully saturated rings. The van der Waals surface area contributed by atoms with Crippen molar-refractivity contribution in [2.24, 2.45) is 11.8 Å². The van der Waals surface area contributed by atoms with Gasteiger partial charge in [-0.2, -0.15) is 0 Å². The molecule has 7 heteroatoms. The van der Waals surface area contributed by atoms with Gasteiger partial charge in [-0.1, -0.05) is 33.1 Å². The zero-order valence-corrected chi connectivity index (χ0v) is 16.6. The van der Waals surface area contributed by atoms with Crippen LogP contribution in [0.5, 0.6) is 0 Å². The number of anilines is 1. The number of nitrogens with one attached hydrogen (secondary N) is 2. The average molecular weight is 393 g/mol. The van der Waals surface area contributed by atoms with Crippen LogP contribution in [-0.2, 0) is 4.79 Å². The zero-order chi connectivity index (χ0) is 20.3. The Hall–Kier alpha value is -2.18. The molecule has 1 aliphatic carbocycles. The molecule has 0 spiro atoms. The number of rotatable bonds is 3. The largest absolute Gasteiger partial charge is 0.340 e. The standard InChI is InChI=1S/C21H29F2N3O2/c1-14-10-15(2)13-26(12-14)19(27)21(8-4-3-5-9-21)25-20(28)24-18-7-6-16(22)11-17(18)23/h6-7,11,14-15H,3-5,8-10,12-13H2,1-2H3,(H2,24,25,28)/t14-,15-/m1/s1. The smallest absolute Gasteiger partial charge is 0.320 e. The van der Waals surface area contributed by atoms with Crippen LogP contribution in [0.2, 0.25) is 0 Å². The number of hydrogen-bond donors (Lipinski definition) is 2. The third-order valence-electron chi connectivity index (χ3n) is 5.80. The number of hydrogen-bond acceptors (Lipinski definition) is 2. The van der Waals surface area contributed by atoms with E-state index in [1.165, 1.54) is 6.07 Å². The van der Waals surface area contributed by atoms with Gasteiger partial charge in [0, 0.05) is 19.2 Å². The Balaban J connectivity index is 1.75. The highest BCUT2D eigenvalue weighted by Crippen LogP contribution is 2.32. The van der Waals surface area contributed by atoms with E-state index in [0.29, 0.717) is 43.8 Å². The second kappa shape index (κ2) is 8.45. The maximum Gasteiger partial charge on any atom is 0.320 e. The van der Waals surface area contributed by atoms with Crippen molar-refractivity contribution in [1.29, 1.82) is 0 Å². The van der Waals surface area contributed by atoms with E-state index in [2.05, 4.69) is 24.5 Å². The molecule has 0 bridgehead atoms. The van der Waals surface area contributed by atoms with E-state index in [9.17, 15) is 18.4 Å². The number of amides is 3. The van der Waals surface area contributed by atoms with E-state index in [1.54, 1.807) is 0 Å². The van der Waals surface area contributed by atoms with Gasteiger partial charge in [-0.3, -0.25) is 4.79 Å². The first-order valence-electron chi connectivity index (χ1n) is 10.1. The molecule has 28 heavy (non-hydrogen) atoms. The summed E-state index contributed by atoms with van der Waals surface area (Å²) in [6, 6.07) is 2.33. The Morgan fingerprint density at radius 2 is 1.71 bits per heavy atom. The summed E-state index contributed by atoms with van der Waals surface area (Å²) < 4.78 is 26.9. The van der Waals surface area contributed by atoms with Gasteiger partial charge in [0.05, 0.1) is 5.69 Å². The molecule has 1 aromatic carbocycles. The van der Waals surface area contributed by atoms with E-state index in [4.69, 9.17) is 0 Å². The van der Waals surface area contributed by atoms with Crippen molar-refractivity contribution in [3.8, 4) is 0 Å². The lowest BCUT2D eigenvalue weighted by Gasteiger charge is -2.43. The van der Waals surface area contributed by atoms with Crippen LogP contribution in [0.25, 0.3) is 0 Å². The highest BCUT2D eigenvalue weighted by molar-refractivity contribution is 5.96. The van der Waals surface area contributed by atoms with E-state index >= 15 is 0 Å². The molecule has 2 aliphatic rings. The molecule has 1 saturated carbocycles. The third kappa shape index (κ3) is 4.62. The maximum absolute atomic E-state index is 13.9. The number of nitrogens with zero attached hydrogens (tertiary/aromatic N) is 1. The Kier molecular flexibility index (Phi) is 6.20. The SMILES string of the molecule is C[C@@H]1C[C@@H](C)CN(C(=O)C2(NC(=O)Nc3ccc(F)cc3F)CCCCC2)C1. The summed E-state index contributed by atoms with van der Waals surface area (Å²) in [5.41, 5.74) is -1.08. The molecule has 0 unspecified atom stereocenters. The Morgan fingerprint density at radius 3 is 2.32 bits per heavy atom. The van der Waals surface area contributed by atoms with Crippen LogP contribution in [0.1, 0.15) is 52.4 Å². The molecule has 3 rings (SSSR count). The van der Waals surface area contributed by atoms with Crippen LogP contribution in [0.15, 0.2) is 18.2 Å². The Bertz CT molecular complexity index is 724. The predicted octanol–water partition coefficient (Wildman–Crippen LogP) is 4.29. The van der Waals surface area contributed by atoms with Crippen LogP contribution < -0.4 is 10.6 Å². The summed E-state index contributed by atoms with van der Waals surface area (Å²) >= 11 is 0. The van der Waals surface area contributed by atoms with Crippen LogP contribution in [-0.4, -0.2) is 35.5 Å². The molecular weight excluding hydrogens is 364 g/mol.